The highest BCUT2D eigenvalue weighted by Crippen LogP contribution is 2.29. The van der Waals surface area contributed by atoms with Crippen LogP contribution in [0.5, 0.6) is 11.5 Å². The molecule has 2 heterocycles. The number of methoxy groups -OCH3 is 2. The van der Waals surface area contributed by atoms with Gasteiger partial charge in [0.25, 0.3) is 0 Å². The summed E-state index contributed by atoms with van der Waals surface area (Å²) in [5, 5.41) is 3.14. The molecule has 3 rings (SSSR count). The van der Waals surface area contributed by atoms with E-state index in [1.54, 1.807) is 20.5 Å². The van der Waals surface area contributed by atoms with E-state index in [2.05, 4.69) is 33.9 Å². The summed E-state index contributed by atoms with van der Waals surface area (Å²) in [7, 11) is 3.24. The number of oxazole rings is 1. The van der Waals surface area contributed by atoms with Gasteiger partial charge < -0.3 is 24.1 Å². The number of hydrogen-bond acceptors (Lipinski definition) is 7. The zero-order valence-corrected chi connectivity index (χ0v) is 21.1. The molecule has 34 heavy (non-hydrogen) atoms. The number of unbranched alkanes of at least 4 members (excludes halogenated alkanes) is 1. The predicted molar refractivity (Wildman–Crippen MR) is 133 cm³/mol. The van der Waals surface area contributed by atoms with Gasteiger partial charge in [0, 0.05) is 30.6 Å². The van der Waals surface area contributed by atoms with Crippen LogP contribution in [0.25, 0.3) is 11.5 Å². The van der Waals surface area contributed by atoms with E-state index in [0.717, 1.165) is 76.2 Å². The second kappa shape index (κ2) is 13.3. The second-order valence-corrected chi connectivity index (χ2v) is 8.82. The van der Waals surface area contributed by atoms with Crippen molar-refractivity contribution in [1.82, 2.24) is 20.1 Å². The number of likely N-dealkylation sites (tertiary alicyclic amines) is 1. The number of amides is 1. The first-order valence-corrected chi connectivity index (χ1v) is 12.5. The van der Waals surface area contributed by atoms with Crippen molar-refractivity contribution in [3.05, 3.63) is 30.2 Å². The van der Waals surface area contributed by atoms with Gasteiger partial charge in [-0.1, -0.05) is 13.8 Å². The van der Waals surface area contributed by atoms with E-state index >= 15 is 0 Å². The molecule has 1 aromatic heterocycles. The summed E-state index contributed by atoms with van der Waals surface area (Å²) in [6.45, 7) is 10.9. The van der Waals surface area contributed by atoms with Crippen molar-refractivity contribution in [1.29, 1.82) is 0 Å². The molecule has 8 heteroatoms. The Labute approximate surface area is 203 Å². The molecule has 1 aliphatic rings. The lowest BCUT2D eigenvalue weighted by molar-refractivity contribution is -0.126. The Morgan fingerprint density at radius 3 is 2.41 bits per heavy atom. The van der Waals surface area contributed by atoms with Gasteiger partial charge in [0.05, 0.1) is 19.9 Å². The molecule has 0 aliphatic carbocycles. The van der Waals surface area contributed by atoms with Crippen molar-refractivity contribution < 1.29 is 18.7 Å². The van der Waals surface area contributed by atoms with E-state index in [1.807, 2.05) is 18.2 Å². The summed E-state index contributed by atoms with van der Waals surface area (Å²) in [6.07, 6.45) is 5.63. The Morgan fingerprint density at radius 1 is 1.12 bits per heavy atom. The van der Waals surface area contributed by atoms with Crippen LogP contribution in [0.15, 0.2) is 28.9 Å². The van der Waals surface area contributed by atoms with E-state index in [1.165, 1.54) is 0 Å². The van der Waals surface area contributed by atoms with Gasteiger partial charge in [0.1, 0.15) is 17.8 Å². The van der Waals surface area contributed by atoms with Gasteiger partial charge in [-0.2, -0.15) is 0 Å². The molecule has 0 bridgehead atoms. The number of aromatic nitrogens is 1. The summed E-state index contributed by atoms with van der Waals surface area (Å²) in [4.78, 5) is 22.0. The summed E-state index contributed by atoms with van der Waals surface area (Å²) < 4.78 is 16.4. The van der Waals surface area contributed by atoms with Crippen molar-refractivity contribution in [2.24, 2.45) is 5.92 Å². The Hall–Kier alpha value is -2.58. The van der Waals surface area contributed by atoms with Gasteiger partial charge in [0.2, 0.25) is 11.8 Å². The van der Waals surface area contributed by atoms with Crippen LogP contribution < -0.4 is 14.8 Å². The van der Waals surface area contributed by atoms with Crippen LogP contribution in [0.3, 0.4) is 0 Å². The number of benzene rings is 1. The smallest absolute Gasteiger partial charge is 0.226 e. The van der Waals surface area contributed by atoms with Crippen LogP contribution >= 0.6 is 0 Å². The fourth-order valence-corrected chi connectivity index (χ4v) is 4.38. The fraction of sp³-hybridized carbons (Fsp3) is 0.615. The summed E-state index contributed by atoms with van der Waals surface area (Å²) >= 11 is 0. The van der Waals surface area contributed by atoms with Crippen LogP contribution in [0.1, 0.15) is 45.2 Å². The Morgan fingerprint density at radius 2 is 1.79 bits per heavy atom. The Kier molecular flexibility index (Phi) is 10.2. The van der Waals surface area contributed by atoms with Crippen molar-refractivity contribution in [2.75, 3.05) is 53.5 Å². The van der Waals surface area contributed by atoms with Gasteiger partial charge in [0.15, 0.2) is 0 Å². The van der Waals surface area contributed by atoms with Gasteiger partial charge in [-0.25, -0.2) is 4.98 Å². The van der Waals surface area contributed by atoms with Crippen molar-refractivity contribution in [3.8, 4) is 23.0 Å². The third kappa shape index (κ3) is 7.46. The molecule has 1 aromatic carbocycles. The molecule has 1 amide bonds. The molecule has 188 valence electrons. The molecule has 1 aliphatic heterocycles. The molecule has 0 saturated carbocycles. The van der Waals surface area contributed by atoms with E-state index in [0.29, 0.717) is 23.9 Å². The number of hydrogen-bond donors (Lipinski definition) is 1. The van der Waals surface area contributed by atoms with E-state index in [-0.39, 0.29) is 11.8 Å². The normalized spacial score (nSPS) is 15.0. The summed E-state index contributed by atoms with van der Waals surface area (Å²) in [6, 6.07) is 5.58. The van der Waals surface area contributed by atoms with Gasteiger partial charge in [-0.3, -0.25) is 9.69 Å². The topological polar surface area (TPSA) is 80.1 Å². The molecule has 1 fully saturated rings. The first kappa shape index (κ1) is 26.0. The van der Waals surface area contributed by atoms with E-state index < -0.39 is 0 Å². The largest absolute Gasteiger partial charge is 0.497 e. The van der Waals surface area contributed by atoms with E-state index in [4.69, 9.17) is 13.9 Å². The molecular formula is C26H40N4O4. The lowest BCUT2D eigenvalue weighted by Crippen LogP contribution is -2.40. The van der Waals surface area contributed by atoms with E-state index in [9.17, 15) is 4.79 Å². The number of piperidine rings is 1. The Bertz CT molecular complexity index is 866. The number of rotatable bonds is 13. The third-order valence-corrected chi connectivity index (χ3v) is 6.59. The maximum atomic E-state index is 12.5. The third-order valence-electron chi connectivity index (χ3n) is 6.59. The lowest BCUT2D eigenvalue weighted by atomic mass is 9.96. The highest BCUT2D eigenvalue weighted by Gasteiger charge is 2.25. The molecule has 0 spiro atoms. The van der Waals surface area contributed by atoms with Gasteiger partial charge >= 0.3 is 0 Å². The monoisotopic (exact) mass is 472 g/mol. The van der Waals surface area contributed by atoms with Crippen molar-refractivity contribution >= 4 is 5.91 Å². The predicted octanol–water partition coefficient (Wildman–Crippen LogP) is 3.81. The molecule has 2 aromatic rings. The number of ether oxygens (including phenoxy) is 2. The maximum absolute atomic E-state index is 12.5. The maximum Gasteiger partial charge on any atom is 0.226 e. The van der Waals surface area contributed by atoms with Crippen LogP contribution in [-0.2, 0) is 11.3 Å². The quantitative estimate of drug-likeness (QED) is 0.444. The van der Waals surface area contributed by atoms with Crippen LogP contribution in [-0.4, -0.2) is 74.2 Å². The molecule has 1 N–H and O–H groups in total. The second-order valence-electron chi connectivity index (χ2n) is 8.82. The summed E-state index contributed by atoms with van der Waals surface area (Å²) in [5.74, 6) is 2.24. The Balaban J connectivity index is 1.41. The minimum Gasteiger partial charge on any atom is -0.497 e. The van der Waals surface area contributed by atoms with Gasteiger partial charge in [-0.15, -0.1) is 0 Å². The molecule has 8 nitrogen and oxygen atoms in total. The summed E-state index contributed by atoms with van der Waals surface area (Å²) in [5.41, 5.74) is 1.70. The number of carbonyl (C=O) groups excluding carboxylic acids is 1. The number of carbonyl (C=O) groups is 1. The van der Waals surface area contributed by atoms with Crippen LogP contribution in [0.2, 0.25) is 0 Å². The first-order valence-electron chi connectivity index (χ1n) is 12.5. The highest BCUT2D eigenvalue weighted by molar-refractivity contribution is 5.78. The zero-order valence-electron chi connectivity index (χ0n) is 21.1. The average molecular weight is 473 g/mol. The van der Waals surface area contributed by atoms with Crippen LogP contribution in [0.4, 0.5) is 0 Å². The standard InChI is InChI=1S/C26H40N4O4/c1-5-29(6-2)12-8-7-11-27-25(31)20-9-13-30(14-10-20)18-22-19-34-26(28-22)21-15-23(32-3)17-24(16-21)33-4/h15-17,19-20H,5-14,18H2,1-4H3,(H,27,31). The number of nitrogens with zero attached hydrogens (tertiary/aromatic N) is 3. The molecular weight excluding hydrogens is 432 g/mol. The first-order chi connectivity index (χ1) is 16.6. The van der Waals surface area contributed by atoms with Gasteiger partial charge in [-0.05, 0) is 70.5 Å². The minimum atomic E-state index is 0.108. The molecule has 0 radical (unpaired) electrons. The molecule has 0 atom stereocenters. The van der Waals surface area contributed by atoms with Crippen molar-refractivity contribution in [2.45, 2.75) is 46.1 Å². The SMILES string of the molecule is CCN(CC)CCCCNC(=O)C1CCN(Cc2coc(-c3cc(OC)cc(OC)c3)n2)CC1. The lowest BCUT2D eigenvalue weighted by Gasteiger charge is -2.30. The number of nitrogens with one attached hydrogen (secondary N) is 1. The van der Waals surface area contributed by atoms with Crippen molar-refractivity contribution in [3.63, 3.8) is 0 Å². The fourth-order valence-electron chi connectivity index (χ4n) is 4.38. The molecule has 1 saturated heterocycles. The average Bonchev–Trinajstić information content (AvgIpc) is 3.34. The zero-order chi connectivity index (χ0) is 24.3. The van der Waals surface area contributed by atoms with Crippen LogP contribution in [0, 0.1) is 5.92 Å². The molecule has 0 unspecified atom stereocenters. The minimum absolute atomic E-state index is 0.108. The highest BCUT2D eigenvalue weighted by atomic mass is 16.5.